The van der Waals surface area contributed by atoms with Crippen LogP contribution >= 0.6 is 0 Å². The number of aldehydes is 1. The Kier molecular flexibility index (Phi) is 9.46. The number of carbonyl (C=O) groups is 2. The molecule has 1 heterocycles. The summed E-state index contributed by atoms with van der Waals surface area (Å²) in [5.74, 6) is -0.422. The zero-order chi connectivity index (χ0) is 30.4. The number of rotatable bonds is 10. The van der Waals surface area contributed by atoms with E-state index in [0.29, 0.717) is 29.2 Å². The number of hydrogen-bond donors (Lipinski definition) is 2. The maximum absolute atomic E-state index is 13.0. The Morgan fingerprint density at radius 3 is 2.49 bits per heavy atom. The maximum Gasteiger partial charge on any atom is 0.419 e. The number of nitrogens with zero attached hydrogens (tertiary/aromatic N) is 1. The fourth-order valence-electron chi connectivity index (χ4n) is 5.92. The fraction of sp³-hybridized carbons (Fsp3) is 0.400. The summed E-state index contributed by atoms with van der Waals surface area (Å²) in [6.45, 7) is 7.04. The Morgan fingerprint density at radius 2 is 1.77 bits per heavy atom. The number of fused-ring (bicyclic) bond motifs is 1. The second-order valence-corrected chi connectivity index (χ2v) is 12.5. The summed E-state index contributed by atoms with van der Waals surface area (Å²) in [5, 5.41) is 6.69. The van der Waals surface area contributed by atoms with Crippen LogP contribution in [0.1, 0.15) is 75.2 Å². The second-order valence-electron chi connectivity index (χ2n) is 12.5. The van der Waals surface area contributed by atoms with Gasteiger partial charge in [-0.25, -0.2) is 9.59 Å². The average Bonchev–Trinajstić information content (AvgIpc) is 3.30. The Bertz CT molecular complexity index is 1610. The van der Waals surface area contributed by atoms with Gasteiger partial charge in [0.1, 0.15) is 12.4 Å². The molecular formula is C35H41N3O5. The van der Waals surface area contributed by atoms with Crippen molar-refractivity contribution in [3.63, 3.8) is 0 Å². The number of ether oxygens (including phenoxy) is 1. The van der Waals surface area contributed by atoms with E-state index in [0.717, 1.165) is 73.6 Å². The smallest absolute Gasteiger partial charge is 0.419 e. The highest BCUT2D eigenvalue weighted by molar-refractivity contribution is 5.92. The van der Waals surface area contributed by atoms with E-state index in [1.807, 2.05) is 42.5 Å². The number of aromatic nitrogens is 1. The van der Waals surface area contributed by atoms with Crippen LogP contribution in [0.2, 0.25) is 0 Å². The predicted molar refractivity (Wildman–Crippen MR) is 170 cm³/mol. The molecule has 0 unspecified atom stereocenters. The van der Waals surface area contributed by atoms with Crippen LogP contribution in [0, 0.1) is 0 Å². The minimum atomic E-state index is -0.425. The molecule has 1 aliphatic carbocycles. The first-order valence-electron chi connectivity index (χ1n) is 15.2. The predicted octanol–water partition coefficient (Wildman–Crippen LogP) is 7.34. The zero-order valence-corrected chi connectivity index (χ0v) is 25.2. The molecule has 5 rings (SSSR count). The molecular weight excluding hydrogens is 542 g/mol. The summed E-state index contributed by atoms with van der Waals surface area (Å²) in [5.41, 5.74) is 5.41. The Labute approximate surface area is 252 Å². The number of benzene rings is 3. The first-order chi connectivity index (χ1) is 20.7. The fourth-order valence-corrected chi connectivity index (χ4v) is 5.92. The lowest BCUT2D eigenvalue weighted by Gasteiger charge is -2.34. The third-order valence-electron chi connectivity index (χ3n) is 7.92. The summed E-state index contributed by atoms with van der Waals surface area (Å²) in [4.78, 5) is 36.5. The van der Waals surface area contributed by atoms with Crippen molar-refractivity contribution >= 4 is 29.2 Å². The Morgan fingerprint density at radius 1 is 1.00 bits per heavy atom. The van der Waals surface area contributed by atoms with E-state index in [1.54, 1.807) is 22.8 Å². The number of unbranched alkanes of at least 4 members (excludes halogenated alkanes) is 1. The number of carbonyl (C=O) groups excluding carboxylic acids is 2. The normalized spacial score (nSPS) is 17.1. The summed E-state index contributed by atoms with van der Waals surface area (Å²) in [6.07, 6.45) is 6.28. The summed E-state index contributed by atoms with van der Waals surface area (Å²) in [6, 6.07) is 21.6. The van der Waals surface area contributed by atoms with Gasteiger partial charge >= 0.3 is 11.8 Å². The number of anilines is 1. The molecule has 1 aromatic heterocycles. The highest BCUT2D eigenvalue weighted by Crippen LogP contribution is 2.31. The van der Waals surface area contributed by atoms with Gasteiger partial charge in [-0.05, 0) is 101 Å². The van der Waals surface area contributed by atoms with E-state index in [9.17, 15) is 14.4 Å². The number of nitrogens with one attached hydrogen (secondary N) is 2. The standard InChI is InChI=1S/C35H41N3O5/c1-35(2,3)37-27-14-16-28(17-15-27)42-33(40)36-30-21-24(12-18-29(30)26-10-5-4-6-11-26)9-7-8-20-38-31-19-13-25(23-39)22-32(31)43-34(38)41/h4-6,10-13,18-19,21-23,27-28,37H,7-9,14-17,20H2,1-3H3,(H,36,40). The van der Waals surface area contributed by atoms with Gasteiger partial charge in [0.05, 0.1) is 11.2 Å². The molecule has 8 heteroatoms. The third-order valence-corrected chi connectivity index (χ3v) is 7.92. The zero-order valence-electron chi connectivity index (χ0n) is 25.2. The van der Waals surface area contributed by atoms with E-state index < -0.39 is 11.8 Å². The molecule has 4 aromatic rings. The molecule has 0 radical (unpaired) electrons. The van der Waals surface area contributed by atoms with Crippen LogP contribution in [0.5, 0.6) is 0 Å². The molecule has 0 aliphatic heterocycles. The van der Waals surface area contributed by atoms with E-state index in [4.69, 9.17) is 9.15 Å². The highest BCUT2D eigenvalue weighted by Gasteiger charge is 2.26. The molecule has 0 atom stereocenters. The summed E-state index contributed by atoms with van der Waals surface area (Å²) >= 11 is 0. The van der Waals surface area contributed by atoms with Crippen molar-refractivity contribution in [2.75, 3.05) is 5.32 Å². The van der Waals surface area contributed by atoms with Gasteiger partial charge in [0.2, 0.25) is 0 Å². The van der Waals surface area contributed by atoms with Crippen LogP contribution in [0.25, 0.3) is 22.2 Å². The summed E-state index contributed by atoms with van der Waals surface area (Å²) < 4.78 is 12.8. The van der Waals surface area contributed by atoms with E-state index >= 15 is 0 Å². The Balaban J connectivity index is 1.21. The first kappa shape index (κ1) is 30.3. The molecule has 3 aromatic carbocycles. The number of hydrogen-bond acceptors (Lipinski definition) is 6. The van der Waals surface area contributed by atoms with Gasteiger partial charge in [0.25, 0.3) is 0 Å². The average molecular weight is 584 g/mol. The quantitative estimate of drug-likeness (QED) is 0.150. The van der Waals surface area contributed by atoms with Crippen LogP contribution in [-0.4, -0.2) is 34.6 Å². The molecule has 1 aliphatic rings. The topological polar surface area (TPSA) is 103 Å². The number of amides is 1. The van der Waals surface area contributed by atoms with Gasteiger partial charge in [-0.15, -0.1) is 0 Å². The van der Waals surface area contributed by atoms with Gasteiger partial charge in [0, 0.05) is 29.3 Å². The van der Waals surface area contributed by atoms with E-state index in [1.165, 1.54) is 0 Å². The number of aryl methyl sites for hydroxylation is 2. The molecule has 1 saturated carbocycles. The maximum atomic E-state index is 13.0. The van der Waals surface area contributed by atoms with Crippen LogP contribution in [0.15, 0.2) is 75.9 Å². The molecule has 43 heavy (non-hydrogen) atoms. The van der Waals surface area contributed by atoms with Gasteiger partial charge in [-0.3, -0.25) is 14.7 Å². The van der Waals surface area contributed by atoms with Gasteiger partial charge in [-0.2, -0.15) is 0 Å². The van der Waals surface area contributed by atoms with E-state index in [-0.39, 0.29) is 11.6 Å². The van der Waals surface area contributed by atoms with Gasteiger partial charge in [0.15, 0.2) is 5.58 Å². The van der Waals surface area contributed by atoms with Crippen molar-refractivity contribution in [3.8, 4) is 11.1 Å². The minimum Gasteiger partial charge on any atom is -0.446 e. The van der Waals surface area contributed by atoms with Crippen molar-refractivity contribution in [1.29, 1.82) is 0 Å². The third kappa shape index (κ3) is 8.02. The molecule has 0 spiro atoms. The molecule has 1 amide bonds. The second kappa shape index (κ2) is 13.4. The van der Waals surface area contributed by atoms with Gasteiger partial charge < -0.3 is 14.5 Å². The van der Waals surface area contributed by atoms with Gasteiger partial charge in [-0.1, -0.05) is 42.5 Å². The molecule has 226 valence electrons. The number of oxazole rings is 1. The minimum absolute atomic E-state index is 0.0717. The van der Waals surface area contributed by atoms with Crippen molar-refractivity contribution in [3.05, 3.63) is 88.4 Å². The van der Waals surface area contributed by atoms with Crippen molar-refractivity contribution in [1.82, 2.24) is 9.88 Å². The van der Waals surface area contributed by atoms with Crippen LogP contribution in [0.4, 0.5) is 10.5 Å². The van der Waals surface area contributed by atoms with Crippen molar-refractivity contribution in [2.24, 2.45) is 0 Å². The molecule has 0 saturated heterocycles. The molecule has 0 bridgehead atoms. The highest BCUT2D eigenvalue weighted by atomic mass is 16.6. The van der Waals surface area contributed by atoms with Crippen molar-refractivity contribution in [2.45, 2.75) is 89.9 Å². The lowest BCUT2D eigenvalue weighted by Crippen LogP contribution is -2.46. The van der Waals surface area contributed by atoms with Crippen LogP contribution in [0.3, 0.4) is 0 Å². The monoisotopic (exact) mass is 583 g/mol. The lowest BCUT2D eigenvalue weighted by atomic mass is 9.91. The SMILES string of the molecule is CC(C)(C)NC1CCC(OC(=O)Nc2cc(CCCCn3c(=O)oc4cc(C=O)ccc43)ccc2-c2ccccc2)CC1. The summed E-state index contributed by atoms with van der Waals surface area (Å²) in [7, 11) is 0. The first-order valence-corrected chi connectivity index (χ1v) is 15.2. The molecule has 1 fully saturated rings. The van der Waals surface area contributed by atoms with Crippen molar-refractivity contribution < 1.29 is 18.7 Å². The van der Waals surface area contributed by atoms with E-state index in [2.05, 4.69) is 37.5 Å². The Hall–Kier alpha value is -4.17. The molecule has 8 nitrogen and oxygen atoms in total. The molecule has 2 N–H and O–H groups in total. The van der Waals surface area contributed by atoms with Crippen LogP contribution in [-0.2, 0) is 17.7 Å². The largest absolute Gasteiger partial charge is 0.446 e. The lowest BCUT2D eigenvalue weighted by molar-refractivity contribution is 0.0762. The van der Waals surface area contributed by atoms with Crippen LogP contribution < -0.4 is 16.4 Å².